The standard InChI is InChI=1S/C14H25N3O3S/c1-5-12-17(11(8-21-12)13(18)19)14(20)16-6-9(2)15(4)10(3)7-16/h9-12H,5-8H2,1-4H3,(H,18,19). The first-order chi connectivity index (χ1) is 9.86. The number of carbonyl (C=O) groups excluding carboxylic acids is 1. The Morgan fingerprint density at radius 3 is 2.29 bits per heavy atom. The summed E-state index contributed by atoms with van der Waals surface area (Å²) in [5, 5.41) is 9.33. The van der Waals surface area contributed by atoms with Gasteiger partial charge in [0.2, 0.25) is 0 Å². The van der Waals surface area contributed by atoms with Crippen LogP contribution >= 0.6 is 11.8 Å². The first kappa shape index (κ1) is 16.4. The van der Waals surface area contributed by atoms with Gasteiger partial charge in [-0.1, -0.05) is 6.92 Å². The van der Waals surface area contributed by atoms with Gasteiger partial charge in [0.05, 0.1) is 5.37 Å². The number of amides is 2. The number of hydrogen-bond donors (Lipinski definition) is 1. The number of rotatable bonds is 2. The van der Waals surface area contributed by atoms with Crippen molar-refractivity contribution in [3.8, 4) is 0 Å². The van der Waals surface area contributed by atoms with Gasteiger partial charge in [0.25, 0.3) is 0 Å². The van der Waals surface area contributed by atoms with Crippen LogP contribution in [0.15, 0.2) is 0 Å². The number of nitrogens with zero attached hydrogens (tertiary/aromatic N) is 3. The zero-order valence-electron chi connectivity index (χ0n) is 13.2. The molecule has 2 saturated heterocycles. The summed E-state index contributed by atoms with van der Waals surface area (Å²) in [4.78, 5) is 29.9. The molecule has 0 aromatic heterocycles. The number of aliphatic carboxylic acids is 1. The molecule has 0 aromatic rings. The van der Waals surface area contributed by atoms with Crippen LogP contribution in [0, 0.1) is 0 Å². The number of hydrogen-bond acceptors (Lipinski definition) is 4. The van der Waals surface area contributed by atoms with Crippen LogP contribution in [0.1, 0.15) is 27.2 Å². The molecule has 2 fully saturated rings. The van der Waals surface area contributed by atoms with E-state index < -0.39 is 12.0 Å². The minimum atomic E-state index is -0.901. The van der Waals surface area contributed by atoms with Gasteiger partial charge in [0, 0.05) is 30.9 Å². The molecule has 0 saturated carbocycles. The predicted octanol–water partition coefficient (Wildman–Crippen LogP) is 1.37. The molecule has 4 atom stereocenters. The van der Waals surface area contributed by atoms with Gasteiger partial charge in [-0.25, -0.2) is 9.59 Å². The third-order valence-electron chi connectivity index (χ3n) is 4.58. The second-order valence-corrected chi connectivity index (χ2v) is 7.22. The van der Waals surface area contributed by atoms with Gasteiger partial charge in [-0.2, -0.15) is 0 Å². The Morgan fingerprint density at radius 2 is 1.81 bits per heavy atom. The van der Waals surface area contributed by atoms with Crippen LogP contribution in [0.25, 0.3) is 0 Å². The molecular formula is C14H25N3O3S. The minimum absolute atomic E-state index is 0.0242. The fourth-order valence-electron chi connectivity index (χ4n) is 3.05. The van der Waals surface area contributed by atoms with Gasteiger partial charge < -0.3 is 10.0 Å². The number of likely N-dealkylation sites (N-methyl/N-ethyl adjacent to an activating group) is 1. The minimum Gasteiger partial charge on any atom is -0.480 e. The van der Waals surface area contributed by atoms with Crippen LogP contribution < -0.4 is 0 Å². The van der Waals surface area contributed by atoms with Gasteiger partial charge in [-0.15, -0.1) is 11.8 Å². The number of thioether (sulfide) groups is 1. The molecule has 2 amide bonds. The first-order valence-corrected chi connectivity index (χ1v) is 8.55. The fraction of sp³-hybridized carbons (Fsp3) is 0.857. The predicted molar refractivity (Wildman–Crippen MR) is 83.5 cm³/mol. The summed E-state index contributed by atoms with van der Waals surface area (Å²) in [6.45, 7) is 7.51. The van der Waals surface area contributed by atoms with Crippen LogP contribution in [-0.4, -0.2) is 81.2 Å². The number of carboxylic acids is 1. The third-order valence-corrected chi connectivity index (χ3v) is 6.03. The zero-order valence-corrected chi connectivity index (χ0v) is 14.0. The first-order valence-electron chi connectivity index (χ1n) is 7.50. The lowest BCUT2D eigenvalue weighted by atomic mass is 10.1. The van der Waals surface area contributed by atoms with E-state index in [9.17, 15) is 14.7 Å². The van der Waals surface area contributed by atoms with Crippen molar-refractivity contribution >= 4 is 23.8 Å². The van der Waals surface area contributed by atoms with E-state index in [1.54, 1.807) is 16.7 Å². The Bertz CT molecular complexity index is 408. The molecule has 2 aliphatic heterocycles. The van der Waals surface area contributed by atoms with Crippen molar-refractivity contribution in [2.24, 2.45) is 0 Å². The number of carboxylic acid groups (broad SMARTS) is 1. The molecule has 1 N–H and O–H groups in total. The lowest BCUT2D eigenvalue weighted by Gasteiger charge is -2.44. The van der Waals surface area contributed by atoms with E-state index in [1.165, 1.54) is 0 Å². The summed E-state index contributed by atoms with van der Waals surface area (Å²) in [5.41, 5.74) is 0. The Hall–Kier alpha value is -0.950. The molecule has 120 valence electrons. The Kier molecular flexibility index (Phi) is 5.03. The maximum Gasteiger partial charge on any atom is 0.327 e. The second kappa shape index (κ2) is 6.44. The summed E-state index contributed by atoms with van der Waals surface area (Å²) in [5.74, 6) is -0.416. The maximum absolute atomic E-state index is 12.8. The molecule has 0 bridgehead atoms. The Morgan fingerprint density at radius 1 is 1.24 bits per heavy atom. The van der Waals surface area contributed by atoms with Gasteiger partial charge in [0.15, 0.2) is 0 Å². The number of urea groups is 1. The van der Waals surface area contributed by atoms with Gasteiger partial charge in [0.1, 0.15) is 6.04 Å². The van der Waals surface area contributed by atoms with Crippen LogP contribution in [0.3, 0.4) is 0 Å². The molecular weight excluding hydrogens is 290 g/mol. The van der Waals surface area contributed by atoms with E-state index >= 15 is 0 Å². The molecule has 2 aliphatic rings. The van der Waals surface area contributed by atoms with Gasteiger partial charge in [-0.05, 0) is 27.3 Å². The highest BCUT2D eigenvalue weighted by atomic mass is 32.2. The monoisotopic (exact) mass is 315 g/mol. The van der Waals surface area contributed by atoms with E-state index in [0.717, 1.165) is 6.42 Å². The normalized spacial score (nSPS) is 34.3. The smallest absolute Gasteiger partial charge is 0.327 e. The number of piperazine rings is 1. The summed E-state index contributed by atoms with van der Waals surface area (Å²) >= 11 is 1.57. The fourth-order valence-corrected chi connectivity index (χ4v) is 4.39. The molecule has 0 aromatic carbocycles. The van der Waals surface area contributed by atoms with Crippen LogP contribution in [-0.2, 0) is 4.79 Å². The molecule has 21 heavy (non-hydrogen) atoms. The zero-order chi connectivity index (χ0) is 15.7. The molecule has 6 nitrogen and oxygen atoms in total. The molecule has 0 aliphatic carbocycles. The van der Waals surface area contributed by atoms with Crippen molar-refractivity contribution in [2.75, 3.05) is 25.9 Å². The van der Waals surface area contributed by atoms with Gasteiger partial charge in [-0.3, -0.25) is 9.80 Å². The highest BCUT2D eigenvalue weighted by Gasteiger charge is 2.43. The average Bonchev–Trinajstić information content (AvgIpc) is 2.87. The van der Waals surface area contributed by atoms with Crippen LogP contribution in [0.5, 0.6) is 0 Å². The maximum atomic E-state index is 12.8. The van der Waals surface area contributed by atoms with E-state index in [0.29, 0.717) is 18.8 Å². The summed E-state index contributed by atoms with van der Waals surface area (Å²) < 4.78 is 0. The topological polar surface area (TPSA) is 64.1 Å². The average molecular weight is 315 g/mol. The summed E-state index contributed by atoms with van der Waals surface area (Å²) in [6, 6.07) is -0.239. The van der Waals surface area contributed by atoms with E-state index in [1.807, 2.05) is 11.8 Å². The van der Waals surface area contributed by atoms with Crippen molar-refractivity contribution < 1.29 is 14.7 Å². The van der Waals surface area contributed by atoms with Crippen molar-refractivity contribution in [3.05, 3.63) is 0 Å². The molecule has 4 unspecified atom stereocenters. The van der Waals surface area contributed by atoms with Gasteiger partial charge >= 0.3 is 12.0 Å². The largest absolute Gasteiger partial charge is 0.480 e. The molecule has 0 spiro atoms. The Labute approximate surface area is 130 Å². The molecule has 2 rings (SSSR count). The highest BCUT2D eigenvalue weighted by molar-refractivity contribution is 8.00. The van der Waals surface area contributed by atoms with Crippen LogP contribution in [0.2, 0.25) is 0 Å². The molecule has 0 radical (unpaired) electrons. The lowest BCUT2D eigenvalue weighted by Crippen LogP contribution is -2.60. The molecule has 7 heteroatoms. The van der Waals surface area contributed by atoms with E-state index in [2.05, 4.69) is 25.8 Å². The van der Waals surface area contributed by atoms with Crippen molar-refractivity contribution in [1.82, 2.24) is 14.7 Å². The summed E-state index contributed by atoms with van der Waals surface area (Å²) in [7, 11) is 2.07. The van der Waals surface area contributed by atoms with Crippen molar-refractivity contribution in [3.63, 3.8) is 0 Å². The Balaban J connectivity index is 2.15. The van der Waals surface area contributed by atoms with Crippen molar-refractivity contribution in [1.29, 1.82) is 0 Å². The quantitative estimate of drug-likeness (QED) is 0.834. The van der Waals surface area contributed by atoms with E-state index in [4.69, 9.17) is 0 Å². The highest BCUT2D eigenvalue weighted by Crippen LogP contribution is 2.32. The van der Waals surface area contributed by atoms with Crippen molar-refractivity contribution in [2.45, 2.75) is 50.7 Å². The lowest BCUT2D eigenvalue weighted by molar-refractivity contribution is -0.141. The SMILES string of the molecule is CCC1SCC(C(=O)O)N1C(=O)N1CC(C)N(C)C(C)C1. The third kappa shape index (κ3) is 3.13. The van der Waals surface area contributed by atoms with Crippen LogP contribution in [0.4, 0.5) is 4.79 Å². The second-order valence-electron chi connectivity index (χ2n) is 6.01. The molecule has 2 heterocycles. The summed E-state index contributed by atoms with van der Waals surface area (Å²) in [6.07, 6.45) is 0.777. The van der Waals surface area contributed by atoms with E-state index in [-0.39, 0.29) is 23.5 Å². The number of carbonyl (C=O) groups is 2.